The van der Waals surface area contributed by atoms with E-state index in [-0.39, 0.29) is 5.78 Å². The van der Waals surface area contributed by atoms with Gasteiger partial charge in [-0.1, -0.05) is 42.5 Å². The lowest BCUT2D eigenvalue weighted by molar-refractivity contribution is -0.113. The molecule has 3 heteroatoms. The summed E-state index contributed by atoms with van der Waals surface area (Å²) in [6, 6.07) is 17.5. The summed E-state index contributed by atoms with van der Waals surface area (Å²) in [7, 11) is 1.64. The van der Waals surface area contributed by atoms with E-state index in [0.29, 0.717) is 6.42 Å². The Bertz CT molecular complexity index is 688. The molecule has 2 aromatic carbocycles. The quantitative estimate of drug-likeness (QED) is 0.682. The average Bonchev–Trinajstić information content (AvgIpc) is 2.63. The number of hydrogen-bond donors (Lipinski definition) is 0. The molecule has 0 saturated heterocycles. The standard InChI is InChI=1S/C21H25NO2/c1-4-22(5-2)16-20(18-11-7-6-8-12-18)21(23)15-17-10-9-13-19(14-17)24-3/h6-14,16H,4-5,15H2,1-3H3/b20-16+. The highest BCUT2D eigenvalue weighted by Gasteiger charge is 2.14. The van der Waals surface area contributed by atoms with E-state index in [2.05, 4.69) is 18.7 Å². The molecule has 0 saturated carbocycles. The van der Waals surface area contributed by atoms with E-state index >= 15 is 0 Å². The normalized spacial score (nSPS) is 11.2. The van der Waals surface area contributed by atoms with Gasteiger partial charge < -0.3 is 9.64 Å². The Hall–Kier alpha value is -2.55. The number of ether oxygens (including phenoxy) is 1. The van der Waals surface area contributed by atoms with Crippen LogP contribution in [0, 0.1) is 0 Å². The summed E-state index contributed by atoms with van der Waals surface area (Å²) < 4.78 is 5.25. The summed E-state index contributed by atoms with van der Waals surface area (Å²) in [5.74, 6) is 0.885. The van der Waals surface area contributed by atoms with E-state index in [9.17, 15) is 4.79 Å². The molecule has 0 radical (unpaired) electrons. The number of Topliss-reactive ketones (excluding diaryl/α,β-unsaturated/α-hetero) is 1. The van der Waals surface area contributed by atoms with Crippen molar-refractivity contribution in [3.05, 3.63) is 71.9 Å². The van der Waals surface area contributed by atoms with Crippen LogP contribution in [0.1, 0.15) is 25.0 Å². The summed E-state index contributed by atoms with van der Waals surface area (Å²) >= 11 is 0. The topological polar surface area (TPSA) is 29.5 Å². The van der Waals surface area contributed by atoms with Gasteiger partial charge in [-0.3, -0.25) is 4.79 Å². The molecule has 0 fully saturated rings. The van der Waals surface area contributed by atoms with Gasteiger partial charge in [0.25, 0.3) is 0 Å². The maximum atomic E-state index is 12.9. The molecule has 0 heterocycles. The summed E-state index contributed by atoms with van der Waals surface area (Å²) in [5, 5.41) is 0. The van der Waals surface area contributed by atoms with Crippen molar-refractivity contribution in [1.29, 1.82) is 0 Å². The lowest BCUT2D eigenvalue weighted by Crippen LogP contribution is -2.18. The fourth-order valence-electron chi connectivity index (χ4n) is 2.58. The lowest BCUT2D eigenvalue weighted by atomic mass is 9.97. The Morgan fingerprint density at radius 3 is 2.38 bits per heavy atom. The number of benzene rings is 2. The Kier molecular flexibility index (Phi) is 6.62. The summed E-state index contributed by atoms with van der Waals surface area (Å²) in [6.45, 7) is 5.93. The van der Waals surface area contributed by atoms with E-state index < -0.39 is 0 Å². The van der Waals surface area contributed by atoms with Gasteiger partial charge in [0.05, 0.1) is 7.11 Å². The summed E-state index contributed by atoms with van der Waals surface area (Å²) in [6.07, 6.45) is 2.34. The average molecular weight is 323 g/mol. The zero-order valence-electron chi connectivity index (χ0n) is 14.7. The third-order valence-electron chi connectivity index (χ3n) is 4.01. The molecular weight excluding hydrogens is 298 g/mol. The second-order valence-electron chi connectivity index (χ2n) is 5.58. The number of ketones is 1. The first-order chi connectivity index (χ1) is 11.7. The van der Waals surface area contributed by atoms with Crippen LogP contribution in [0.3, 0.4) is 0 Å². The highest BCUT2D eigenvalue weighted by atomic mass is 16.5. The van der Waals surface area contributed by atoms with Crippen LogP contribution >= 0.6 is 0 Å². The minimum Gasteiger partial charge on any atom is -0.497 e. The highest BCUT2D eigenvalue weighted by molar-refractivity contribution is 6.21. The van der Waals surface area contributed by atoms with Gasteiger partial charge in [-0.15, -0.1) is 0 Å². The third-order valence-corrected chi connectivity index (χ3v) is 4.01. The molecule has 0 aliphatic heterocycles. The summed E-state index contributed by atoms with van der Waals surface area (Å²) in [5.41, 5.74) is 2.67. The van der Waals surface area contributed by atoms with E-state index in [1.807, 2.05) is 60.8 Å². The summed E-state index contributed by atoms with van der Waals surface area (Å²) in [4.78, 5) is 15.1. The molecule has 0 amide bonds. The molecule has 24 heavy (non-hydrogen) atoms. The van der Waals surface area contributed by atoms with Crippen LogP contribution in [0.2, 0.25) is 0 Å². The Morgan fingerprint density at radius 2 is 1.75 bits per heavy atom. The van der Waals surface area contributed by atoms with Gasteiger partial charge in [0.2, 0.25) is 0 Å². The Labute approximate surface area is 144 Å². The third kappa shape index (κ3) is 4.72. The molecule has 3 nitrogen and oxygen atoms in total. The number of allylic oxidation sites excluding steroid dienone is 1. The van der Waals surface area contributed by atoms with Gasteiger partial charge >= 0.3 is 0 Å². The largest absolute Gasteiger partial charge is 0.497 e. The lowest BCUT2D eigenvalue weighted by Gasteiger charge is -2.18. The van der Waals surface area contributed by atoms with Gasteiger partial charge in [-0.2, -0.15) is 0 Å². The van der Waals surface area contributed by atoms with Gasteiger partial charge in [-0.25, -0.2) is 0 Å². The van der Waals surface area contributed by atoms with E-state index in [4.69, 9.17) is 4.74 Å². The first-order valence-electron chi connectivity index (χ1n) is 8.35. The molecule has 2 rings (SSSR count). The number of rotatable bonds is 8. The van der Waals surface area contributed by atoms with Gasteiger partial charge in [-0.05, 0) is 37.1 Å². The zero-order valence-corrected chi connectivity index (χ0v) is 14.7. The van der Waals surface area contributed by atoms with Crippen molar-refractivity contribution in [2.24, 2.45) is 0 Å². The van der Waals surface area contributed by atoms with Crippen LogP contribution in [0.25, 0.3) is 5.57 Å². The van der Waals surface area contributed by atoms with Crippen molar-refractivity contribution in [1.82, 2.24) is 4.90 Å². The number of nitrogens with zero attached hydrogens (tertiary/aromatic N) is 1. The van der Waals surface area contributed by atoms with Crippen LogP contribution in [-0.4, -0.2) is 30.9 Å². The molecule has 0 unspecified atom stereocenters. The van der Waals surface area contributed by atoms with Crippen molar-refractivity contribution < 1.29 is 9.53 Å². The monoisotopic (exact) mass is 323 g/mol. The second kappa shape index (κ2) is 8.92. The molecule has 0 bridgehead atoms. The first kappa shape index (κ1) is 17.8. The maximum absolute atomic E-state index is 12.9. The minimum absolute atomic E-state index is 0.112. The highest BCUT2D eigenvalue weighted by Crippen LogP contribution is 2.20. The van der Waals surface area contributed by atoms with Crippen LogP contribution in [-0.2, 0) is 11.2 Å². The molecule has 126 valence electrons. The predicted octanol–water partition coefficient (Wildman–Crippen LogP) is 4.19. The molecular formula is C21H25NO2. The molecule has 2 aromatic rings. The first-order valence-corrected chi connectivity index (χ1v) is 8.35. The van der Waals surface area contributed by atoms with E-state index in [0.717, 1.165) is 35.5 Å². The van der Waals surface area contributed by atoms with Crippen LogP contribution in [0.15, 0.2) is 60.8 Å². The van der Waals surface area contributed by atoms with E-state index in [1.54, 1.807) is 7.11 Å². The molecule has 0 aliphatic carbocycles. The van der Waals surface area contributed by atoms with Crippen LogP contribution < -0.4 is 4.74 Å². The smallest absolute Gasteiger partial charge is 0.169 e. The van der Waals surface area contributed by atoms with Crippen molar-refractivity contribution >= 4 is 11.4 Å². The maximum Gasteiger partial charge on any atom is 0.169 e. The van der Waals surface area contributed by atoms with Crippen molar-refractivity contribution in [3.8, 4) is 5.75 Å². The Balaban J connectivity index is 2.30. The SMILES string of the molecule is CCN(/C=C(/C(=O)Cc1cccc(OC)c1)c1ccccc1)CC. The molecule has 0 N–H and O–H groups in total. The number of carbonyl (C=O) groups excluding carboxylic acids is 1. The van der Waals surface area contributed by atoms with Crippen molar-refractivity contribution in [3.63, 3.8) is 0 Å². The van der Waals surface area contributed by atoms with Gasteiger partial charge in [0, 0.05) is 31.3 Å². The van der Waals surface area contributed by atoms with Crippen molar-refractivity contribution in [2.75, 3.05) is 20.2 Å². The number of methoxy groups -OCH3 is 1. The molecule has 0 spiro atoms. The predicted molar refractivity (Wildman–Crippen MR) is 99.0 cm³/mol. The number of carbonyl (C=O) groups is 1. The molecule has 0 aromatic heterocycles. The van der Waals surface area contributed by atoms with Crippen LogP contribution in [0.5, 0.6) is 5.75 Å². The fraction of sp³-hybridized carbons (Fsp3) is 0.286. The molecule has 0 atom stereocenters. The van der Waals surface area contributed by atoms with Crippen LogP contribution in [0.4, 0.5) is 0 Å². The van der Waals surface area contributed by atoms with Gasteiger partial charge in [0.15, 0.2) is 5.78 Å². The fourth-order valence-corrected chi connectivity index (χ4v) is 2.58. The van der Waals surface area contributed by atoms with E-state index in [1.165, 1.54) is 0 Å². The minimum atomic E-state index is 0.112. The molecule has 0 aliphatic rings. The zero-order chi connectivity index (χ0) is 17.4. The van der Waals surface area contributed by atoms with Crippen molar-refractivity contribution in [2.45, 2.75) is 20.3 Å². The second-order valence-corrected chi connectivity index (χ2v) is 5.58. The number of hydrogen-bond acceptors (Lipinski definition) is 3. The Morgan fingerprint density at radius 1 is 1.04 bits per heavy atom. The van der Waals surface area contributed by atoms with Gasteiger partial charge in [0.1, 0.15) is 5.75 Å².